The number of nitrogens with one attached hydrogen (secondary N) is 1. The summed E-state index contributed by atoms with van der Waals surface area (Å²) in [5.74, 6) is -0.185. The van der Waals surface area contributed by atoms with Crippen molar-refractivity contribution in [1.29, 1.82) is 0 Å². The molecule has 0 aliphatic heterocycles. The van der Waals surface area contributed by atoms with E-state index < -0.39 is 16.6 Å². The van der Waals surface area contributed by atoms with Crippen molar-refractivity contribution in [3.8, 4) is 11.5 Å². The van der Waals surface area contributed by atoms with Gasteiger partial charge in [0.1, 0.15) is 0 Å². The minimum absolute atomic E-state index is 0.0527. The second-order valence-electron chi connectivity index (χ2n) is 7.20. The summed E-state index contributed by atoms with van der Waals surface area (Å²) < 4.78 is 60.9. The Hall–Kier alpha value is -2.76. The maximum atomic E-state index is 12.5. The topological polar surface area (TPSA) is 88.2 Å². The normalized spacial score (nSPS) is 11.8. The number of anilines is 1. The van der Waals surface area contributed by atoms with Crippen LogP contribution in [0.3, 0.4) is 0 Å². The van der Waals surface area contributed by atoms with E-state index in [-0.39, 0.29) is 28.8 Å². The molecular weight excluding hydrogens is 456 g/mol. The van der Waals surface area contributed by atoms with Crippen LogP contribution in [-0.2, 0) is 21.4 Å². The van der Waals surface area contributed by atoms with Crippen LogP contribution in [0.2, 0.25) is 0 Å². The van der Waals surface area contributed by atoms with Crippen molar-refractivity contribution in [3.63, 3.8) is 0 Å². The van der Waals surface area contributed by atoms with E-state index in [1.165, 1.54) is 29.6 Å². The fourth-order valence-corrected chi connectivity index (χ4v) is 4.70. The van der Waals surface area contributed by atoms with E-state index in [0.717, 1.165) is 5.56 Å². The van der Waals surface area contributed by atoms with Gasteiger partial charge in [0.15, 0.2) is 11.5 Å². The lowest BCUT2D eigenvalue weighted by molar-refractivity contribution is -0.117. The number of alkyl halides is 2. The van der Waals surface area contributed by atoms with Gasteiger partial charge in [0.2, 0.25) is 15.9 Å². The van der Waals surface area contributed by atoms with E-state index in [2.05, 4.69) is 10.1 Å². The highest BCUT2D eigenvalue weighted by atomic mass is 32.2. The third kappa shape index (κ3) is 7.37. The van der Waals surface area contributed by atoms with Crippen LogP contribution < -0.4 is 14.8 Å². The van der Waals surface area contributed by atoms with E-state index >= 15 is 0 Å². The van der Waals surface area contributed by atoms with Gasteiger partial charge in [-0.05, 0) is 49.0 Å². The molecule has 8 nitrogen and oxygen atoms in total. The quantitative estimate of drug-likeness (QED) is 0.496. The van der Waals surface area contributed by atoms with Gasteiger partial charge in [-0.15, -0.1) is 0 Å². The first-order valence-electron chi connectivity index (χ1n) is 10.3. The van der Waals surface area contributed by atoms with Crippen molar-refractivity contribution in [2.45, 2.75) is 31.9 Å². The van der Waals surface area contributed by atoms with Crippen molar-refractivity contribution in [2.24, 2.45) is 0 Å². The molecule has 0 aromatic heterocycles. The second kappa shape index (κ2) is 11.9. The number of likely N-dealkylation sites (N-methyl/N-ethyl adjacent to an activating group) is 1. The molecule has 11 heteroatoms. The van der Waals surface area contributed by atoms with Crippen LogP contribution in [0.15, 0.2) is 47.4 Å². The molecule has 0 atom stereocenters. The molecule has 0 saturated carbocycles. The molecule has 182 valence electrons. The lowest BCUT2D eigenvalue weighted by Crippen LogP contribution is -2.31. The van der Waals surface area contributed by atoms with Crippen LogP contribution in [0.1, 0.15) is 19.4 Å². The summed E-state index contributed by atoms with van der Waals surface area (Å²) in [4.78, 5) is 14.3. The van der Waals surface area contributed by atoms with Crippen LogP contribution in [-0.4, -0.2) is 63.9 Å². The number of amides is 1. The summed E-state index contributed by atoms with van der Waals surface area (Å²) in [5.41, 5.74) is 1.22. The van der Waals surface area contributed by atoms with Gasteiger partial charge >= 0.3 is 6.61 Å². The molecule has 1 amide bonds. The Kier molecular flexibility index (Phi) is 9.56. The first-order valence-corrected chi connectivity index (χ1v) is 11.7. The SMILES string of the molecule is CCN(CC)S(=O)(=O)c1ccc(NC(=O)CN(C)Cc2ccc(OC(F)F)c(OC)c2)cc1. The first kappa shape index (κ1) is 26.5. The fourth-order valence-electron chi connectivity index (χ4n) is 3.24. The molecule has 0 radical (unpaired) electrons. The Bertz CT molecular complexity index is 1030. The molecule has 0 aliphatic carbocycles. The average Bonchev–Trinajstić information content (AvgIpc) is 2.75. The molecule has 0 saturated heterocycles. The standard InChI is InChI=1S/C22H29F2N3O5S/c1-5-27(6-2)33(29,30)18-10-8-17(9-11-18)25-21(28)15-26(3)14-16-7-12-19(32-22(23)24)20(13-16)31-4/h7-13,22H,5-6,14-15H2,1-4H3,(H,25,28). The number of carbonyl (C=O) groups excluding carboxylic acids is 1. The molecule has 0 unspecified atom stereocenters. The number of carbonyl (C=O) groups is 1. The number of sulfonamides is 1. The molecule has 0 spiro atoms. The highest BCUT2D eigenvalue weighted by Crippen LogP contribution is 2.29. The molecule has 2 rings (SSSR count). The van der Waals surface area contributed by atoms with E-state index in [9.17, 15) is 22.0 Å². The van der Waals surface area contributed by atoms with Crippen molar-refractivity contribution in [3.05, 3.63) is 48.0 Å². The Labute approximate surface area is 193 Å². The van der Waals surface area contributed by atoms with Crippen LogP contribution in [0.25, 0.3) is 0 Å². The maximum Gasteiger partial charge on any atom is 0.387 e. The summed E-state index contributed by atoms with van der Waals surface area (Å²) in [7, 11) is -0.478. The Morgan fingerprint density at radius 3 is 2.24 bits per heavy atom. The predicted octanol–water partition coefficient (Wildman–Crippen LogP) is 3.40. The van der Waals surface area contributed by atoms with Gasteiger partial charge in [-0.3, -0.25) is 9.69 Å². The van der Waals surface area contributed by atoms with E-state index in [0.29, 0.717) is 25.3 Å². The lowest BCUT2D eigenvalue weighted by atomic mass is 10.2. The number of hydrogen-bond acceptors (Lipinski definition) is 6. The Morgan fingerprint density at radius 2 is 1.70 bits per heavy atom. The van der Waals surface area contributed by atoms with Gasteiger partial charge in [0.05, 0.1) is 18.6 Å². The molecule has 0 heterocycles. The van der Waals surface area contributed by atoms with E-state index in [1.54, 1.807) is 50.1 Å². The number of benzene rings is 2. The van der Waals surface area contributed by atoms with Gasteiger partial charge in [0.25, 0.3) is 0 Å². The summed E-state index contributed by atoms with van der Waals surface area (Å²) in [6, 6.07) is 10.6. The fraction of sp³-hybridized carbons (Fsp3) is 0.409. The molecular formula is C22H29F2N3O5S. The van der Waals surface area contributed by atoms with Gasteiger partial charge in [-0.25, -0.2) is 8.42 Å². The maximum absolute atomic E-state index is 12.5. The Morgan fingerprint density at radius 1 is 1.06 bits per heavy atom. The summed E-state index contributed by atoms with van der Waals surface area (Å²) in [6.07, 6.45) is 0. The zero-order valence-electron chi connectivity index (χ0n) is 19.0. The number of nitrogens with zero attached hydrogens (tertiary/aromatic N) is 2. The van der Waals surface area contributed by atoms with Crippen molar-refractivity contribution in [2.75, 3.05) is 39.1 Å². The lowest BCUT2D eigenvalue weighted by Gasteiger charge is -2.19. The zero-order chi connectivity index (χ0) is 24.6. The van der Waals surface area contributed by atoms with Crippen molar-refractivity contribution >= 4 is 21.6 Å². The molecule has 0 bridgehead atoms. The van der Waals surface area contributed by atoms with Crippen LogP contribution in [0.4, 0.5) is 14.5 Å². The third-order valence-corrected chi connectivity index (χ3v) is 6.86. The van der Waals surface area contributed by atoms with Gasteiger partial charge in [-0.1, -0.05) is 19.9 Å². The number of rotatable bonds is 12. The molecule has 0 aliphatic rings. The number of methoxy groups -OCH3 is 1. The number of ether oxygens (including phenoxy) is 2. The minimum atomic E-state index is -3.56. The third-order valence-electron chi connectivity index (χ3n) is 4.79. The second-order valence-corrected chi connectivity index (χ2v) is 9.14. The van der Waals surface area contributed by atoms with Crippen molar-refractivity contribution in [1.82, 2.24) is 9.21 Å². The summed E-state index contributed by atoms with van der Waals surface area (Å²) >= 11 is 0. The average molecular weight is 486 g/mol. The van der Waals surface area contributed by atoms with Gasteiger partial charge < -0.3 is 14.8 Å². The van der Waals surface area contributed by atoms with Crippen LogP contribution in [0, 0.1) is 0 Å². The molecule has 1 N–H and O–H groups in total. The Balaban J connectivity index is 1.96. The first-order chi connectivity index (χ1) is 15.6. The van der Waals surface area contributed by atoms with Gasteiger partial charge in [-0.2, -0.15) is 13.1 Å². The molecule has 33 heavy (non-hydrogen) atoms. The molecule has 2 aromatic rings. The van der Waals surface area contributed by atoms with E-state index in [1.807, 2.05) is 0 Å². The monoisotopic (exact) mass is 485 g/mol. The van der Waals surface area contributed by atoms with Crippen LogP contribution >= 0.6 is 0 Å². The predicted molar refractivity (Wildman–Crippen MR) is 121 cm³/mol. The minimum Gasteiger partial charge on any atom is -0.493 e. The van der Waals surface area contributed by atoms with E-state index in [4.69, 9.17) is 4.74 Å². The number of hydrogen-bond donors (Lipinski definition) is 1. The largest absolute Gasteiger partial charge is 0.493 e. The molecule has 0 fully saturated rings. The van der Waals surface area contributed by atoms with Crippen LogP contribution in [0.5, 0.6) is 11.5 Å². The van der Waals surface area contributed by atoms with Gasteiger partial charge in [0, 0.05) is 25.3 Å². The summed E-state index contributed by atoms with van der Waals surface area (Å²) in [6.45, 7) is 1.75. The summed E-state index contributed by atoms with van der Waals surface area (Å²) in [5, 5.41) is 2.73. The highest BCUT2D eigenvalue weighted by molar-refractivity contribution is 7.89. The smallest absolute Gasteiger partial charge is 0.387 e. The highest BCUT2D eigenvalue weighted by Gasteiger charge is 2.21. The van der Waals surface area contributed by atoms with Crippen molar-refractivity contribution < 1.29 is 31.5 Å². The number of halogens is 2. The molecule has 2 aromatic carbocycles. The zero-order valence-corrected chi connectivity index (χ0v) is 19.9.